The standard InChI is InChI=1S/C10H15ClN2O2S/c1-7(2)13(3)16(14,15)10-5-4-8(11)6-9(10)12/h4-7H,12H2,1-3H3. The Morgan fingerprint density at radius 1 is 1.38 bits per heavy atom. The van der Waals surface area contributed by atoms with Gasteiger partial charge in [-0.25, -0.2) is 8.42 Å². The molecule has 1 aromatic carbocycles. The molecule has 0 saturated carbocycles. The summed E-state index contributed by atoms with van der Waals surface area (Å²) in [5, 5.41) is 0.420. The minimum absolute atomic E-state index is 0.0908. The van der Waals surface area contributed by atoms with Crippen molar-refractivity contribution in [1.82, 2.24) is 4.31 Å². The van der Waals surface area contributed by atoms with Crippen molar-refractivity contribution in [2.24, 2.45) is 0 Å². The van der Waals surface area contributed by atoms with Gasteiger partial charge in [-0.05, 0) is 32.0 Å². The van der Waals surface area contributed by atoms with Gasteiger partial charge in [0.15, 0.2) is 0 Å². The van der Waals surface area contributed by atoms with Gasteiger partial charge in [0.1, 0.15) is 4.90 Å². The summed E-state index contributed by atoms with van der Waals surface area (Å²) in [6, 6.07) is 4.24. The van der Waals surface area contributed by atoms with E-state index in [0.29, 0.717) is 5.02 Å². The van der Waals surface area contributed by atoms with Crippen molar-refractivity contribution in [3.63, 3.8) is 0 Å². The predicted octanol–water partition coefficient (Wildman–Crippen LogP) is 1.95. The number of anilines is 1. The summed E-state index contributed by atoms with van der Waals surface area (Å²) < 4.78 is 25.5. The summed E-state index contributed by atoms with van der Waals surface area (Å²) in [6.45, 7) is 3.59. The average molecular weight is 263 g/mol. The molecule has 90 valence electrons. The molecule has 1 aromatic rings. The van der Waals surface area contributed by atoms with Crippen LogP contribution in [-0.4, -0.2) is 25.8 Å². The second kappa shape index (κ2) is 4.61. The lowest BCUT2D eigenvalue weighted by molar-refractivity contribution is 0.411. The molecule has 0 spiro atoms. The molecule has 0 atom stereocenters. The summed E-state index contributed by atoms with van der Waals surface area (Å²) >= 11 is 5.72. The van der Waals surface area contributed by atoms with Crippen molar-refractivity contribution in [2.75, 3.05) is 12.8 Å². The van der Waals surface area contributed by atoms with Crippen molar-refractivity contribution < 1.29 is 8.42 Å². The van der Waals surface area contributed by atoms with Crippen molar-refractivity contribution >= 4 is 27.3 Å². The summed E-state index contributed by atoms with van der Waals surface area (Å²) in [6.07, 6.45) is 0. The topological polar surface area (TPSA) is 63.4 Å². The molecular formula is C10H15ClN2O2S. The molecule has 0 aliphatic heterocycles. The molecule has 0 radical (unpaired) electrons. The first-order chi connectivity index (χ1) is 7.26. The first kappa shape index (κ1) is 13.3. The van der Waals surface area contributed by atoms with Gasteiger partial charge < -0.3 is 5.73 Å². The number of nitrogen functional groups attached to an aromatic ring is 1. The Balaban J connectivity index is 3.28. The Kier molecular flexibility index (Phi) is 3.83. The Labute approximate surface area is 101 Å². The van der Waals surface area contributed by atoms with Gasteiger partial charge in [0.2, 0.25) is 10.0 Å². The fraction of sp³-hybridized carbons (Fsp3) is 0.400. The van der Waals surface area contributed by atoms with E-state index in [4.69, 9.17) is 17.3 Å². The molecular weight excluding hydrogens is 248 g/mol. The predicted molar refractivity (Wildman–Crippen MR) is 65.9 cm³/mol. The van der Waals surface area contributed by atoms with Crippen LogP contribution in [0.2, 0.25) is 5.02 Å². The lowest BCUT2D eigenvalue weighted by Crippen LogP contribution is -2.33. The van der Waals surface area contributed by atoms with Crippen LogP contribution in [0, 0.1) is 0 Å². The zero-order chi connectivity index (χ0) is 12.5. The van der Waals surface area contributed by atoms with Crippen LogP contribution < -0.4 is 5.73 Å². The van der Waals surface area contributed by atoms with E-state index >= 15 is 0 Å². The Bertz CT molecular complexity index is 486. The molecule has 2 N–H and O–H groups in total. The van der Waals surface area contributed by atoms with Gasteiger partial charge in [-0.3, -0.25) is 0 Å². The fourth-order valence-electron chi connectivity index (χ4n) is 1.19. The van der Waals surface area contributed by atoms with Gasteiger partial charge in [0.05, 0.1) is 5.69 Å². The third-order valence-electron chi connectivity index (χ3n) is 2.36. The average Bonchev–Trinajstić information content (AvgIpc) is 2.15. The van der Waals surface area contributed by atoms with E-state index in [1.165, 1.54) is 29.6 Å². The number of rotatable bonds is 3. The van der Waals surface area contributed by atoms with Gasteiger partial charge in [-0.1, -0.05) is 11.6 Å². The lowest BCUT2D eigenvalue weighted by atomic mass is 10.3. The largest absolute Gasteiger partial charge is 0.398 e. The van der Waals surface area contributed by atoms with Crippen LogP contribution in [-0.2, 0) is 10.0 Å². The number of hydrogen-bond acceptors (Lipinski definition) is 3. The number of sulfonamides is 1. The van der Waals surface area contributed by atoms with E-state index in [0.717, 1.165) is 0 Å². The monoisotopic (exact) mass is 262 g/mol. The Morgan fingerprint density at radius 3 is 2.38 bits per heavy atom. The van der Waals surface area contributed by atoms with Crippen LogP contribution in [0.1, 0.15) is 13.8 Å². The van der Waals surface area contributed by atoms with Crippen LogP contribution in [0.15, 0.2) is 23.1 Å². The summed E-state index contributed by atoms with van der Waals surface area (Å²) in [5.74, 6) is 0. The molecule has 0 aliphatic carbocycles. The third kappa shape index (κ3) is 2.48. The maximum Gasteiger partial charge on any atom is 0.245 e. The minimum atomic E-state index is -3.54. The maximum absolute atomic E-state index is 12.1. The van der Waals surface area contributed by atoms with Crippen LogP contribution in [0.3, 0.4) is 0 Å². The van der Waals surface area contributed by atoms with Gasteiger partial charge in [0, 0.05) is 18.1 Å². The molecule has 16 heavy (non-hydrogen) atoms. The van der Waals surface area contributed by atoms with Gasteiger partial charge in [-0.15, -0.1) is 0 Å². The molecule has 1 rings (SSSR count). The van der Waals surface area contributed by atoms with Crippen molar-refractivity contribution in [3.8, 4) is 0 Å². The molecule has 4 nitrogen and oxygen atoms in total. The quantitative estimate of drug-likeness (QED) is 0.847. The molecule has 0 aliphatic rings. The highest BCUT2D eigenvalue weighted by Crippen LogP contribution is 2.25. The Morgan fingerprint density at radius 2 is 1.94 bits per heavy atom. The molecule has 0 amide bonds. The van der Waals surface area contributed by atoms with Gasteiger partial charge in [0.25, 0.3) is 0 Å². The molecule has 0 saturated heterocycles. The number of halogens is 1. The van der Waals surface area contributed by atoms with Crippen LogP contribution >= 0.6 is 11.6 Å². The van der Waals surface area contributed by atoms with E-state index in [1.54, 1.807) is 13.8 Å². The zero-order valence-corrected chi connectivity index (χ0v) is 11.0. The SMILES string of the molecule is CC(C)N(C)S(=O)(=O)c1ccc(Cl)cc1N. The second-order valence-electron chi connectivity index (χ2n) is 3.80. The highest BCUT2D eigenvalue weighted by Gasteiger charge is 2.25. The molecule has 6 heteroatoms. The molecule has 0 heterocycles. The highest BCUT2D eigenvalue weighted by atomic mass is 35.5. The van der Waals surface area contributed by atoms with E-state index in [2.05, 4.69) is 0 Å². The van der Waals surface area contributed by atoms with Gasteiger partial charge in [-0.2, -0.15) is 4.31 Å². The van der Waals surface area contributed by atoms with E-state index in [9.17, 15) is 8.42 Å². The highest BCUT2D eigenvalue weighted by molar-refractivity contribution is 7.89. The van der Waals surface area contributed by atoms with E-state index in [-0.39, 0.29) is 16.6 Å². The number of nitrogens with two attached hydrogens (primary N) is 1. The normalized spacial score (nSPS) is 12.4. The van der Waals surface area contributed by atoms with Crippen LogP contribution in [0.25, 0.3) is 0 Å². The number of benzene rings is 1. The van der Waals surface area contributed by atoms with Crippen LogP contribution in [0.4, 0.5) is 5.69 Å². The smallest absolute Gasteiger partial charge is 0.245 e. The van der Waals surface area contributed by atoms with E-state index < -0.39 is 10.0 Å². The summed E-state index contributed by atoms with van der Waals surface area (Å²) in [4.78, 5) is 0.0908. The van der Waals surface area contributed by atoms with Gasteiger partial charge >= 0.3 is 0 Å². The van der Waals surface area contributed by atoms with E-state index in [1.807, 2.05) is 0 Å². The van der Waals surface area contributed by atoms with Crippen molar-refractivity contribution in [3.05, 3.63) is 23.2 Å². The minimum Gasteiger partial charge on any atom is -0.398 e. The maximum atomic E-state index is 12.1. The zero-order valence-electron chi connectivity index (χ0n) is 9.44. The number of hydrogen-bond donors (Lipinski definition) is 1. The van der Waals surface area contributed by atoms with Crippen molar-refractivity contribution in [2.45, 2.75) is 24.8 Å². The molecule has 0 unspecified atom stereocenters. The first-order valence-corrected chi connectivity index (χ1v) is 6.61. The Hall–Kier alpha value is -0.780. The number of nitrogens with zero attached hydrogens (tertiary/aromatic N) is 1. The summed E-state index contributed by atoms with van der Waals surface area (Å²) in [7, 11) is -2.01. The van der Waals surface area contributed by atoms with Crippen molar-refractivity contribution in [1.29, 1.82) is 0 Å². The third-order valence-corrected chi connectivity index (χ3v) is 4.70. The lowest BCUT2D eigenvalue weighted by Gasteiger charge is -2.21. The van der Waals surface area contributed by atoms with Crippen LogP contribution in [0.5, 0.6) is 0 Å². The molecule has 0 aromatic heterocycles. The molecule has 0 bridgehead atoms. The summed E-state index contributed by atoms with van der Waals surface area (Å²) in [5.41, 5.74) is 5.82. The second-order valence-corrected chi connectivity index (χ2v) is 6.20. The first-order valence-electron chi connectivity index (χ1n) is 4.80. The molecule has 0 fully saturated rings. The fourth-order valence-corrected chi connectivity index (χ4v) is 2.83.